The van der Waals surface area contributed by atoms with E-state index in [4.69, 9.17) is 21.1 Å². The summed E-state index contributed by atoms with van der Waals surface area (Å²) in [4.78, 5) is 27.8. The summed E-state index contributed by atoms with van der Waals surface area (Å²) in [5.74, 6) is -0.376. The smallest absolute Gasteiger partial charge is 0.374 e. The zero-order valence-corrected chi connectivity index (χ0v) is 13.5. The Hall–Kier alpha value is -2.54. The van der Waals surface area contributed by atoms with Gasteiger partial charge in [0.2, 0.25) is 11.7 Å². The molecule has 0 aliphatic heterocycles. The fourth-order valence-corrected chi connectivity index (χ4v) is 2.12. The average Bonchev–Trinajstić information content (AvgIpc) is 2.95. The number of carbonyl (C=O) groups is 2. The second-order valence-electron chi connectivity index (χ2n) is 4.49. The van der Waals surface area contributed by atoms with Crippen LogP contribution in [0.2, 0.25) is 5.02 Å². The Kier molecular flexibility index (Phi) is 5.59. The first-order valence-corrected chi connectivity index (χ1v) is 7.24. The third-order valence-electron chi connectivity index (χ3n) is 2.92. The summed E-state index contributed by atoms with van der Waals surface area (Å²) in [6.45, 7) is 1.84. The van der Waals surface area contributed by atoms with E-state index in [2.05, 4.69) is 10.3 Å². The Labute approximate surface area is 138 Å². The molecule has 1 N–H and O–H groups in total. The number of esters is 1. The van der Waals surface area contributed by atoms with Crippen molar-refractivity contribution >= 4 is 29.2 Å². The van der Waals surface area contributed by atoms with Gasteiger partial charge >= 0.3 is 5.97 Å². The highest BCUT2D eigenvalue weighted by atomic mass is 35.5. The molecular formula is C15H16ClN3O4. The van der Waals surface area contributed by atoms with Crippen LogP contribution in [0.25, 0.3) is 0 Å². The van der Waals surface area contributed by atoms with Crippen LogP contribution < -0.4 is 10.1 Å². The van der Waals surface area contributed by atoms with Crippen LogP contribution in [-0.2, 0) is 16.1 Å². The number of nitrogens with one attached hydrogen (secondary N) is 1. The second-order valence-corrected chi connectivity index (χ2v) is 4.93. The minimum atomic E-state index is -0.578. The molecule has 1 aromatic carbocycles. The molecule has 0 radical (unpaired) electrons. The SMILES string of the molecule is CCOC(=O)c1nccn1CC(=O)Nc1cc(Cl)ccc1OC. The molecule has 0 fully saturated rings. The van der Waals surface area contributed by atoms with Gasteiger partial charge in [0.25, 0.3) is 0 Å². The molecule has 0 bridgehead atoms. The van der Waals surface area contributed by atoms with Crippen LogP contribution in [0.15, 0.2) is 30.6 Å². The van der Waals surface area contributed by atoms with Gasteiger partial charge in [-0.05, 0) is 25.1 Å². The number of benzene rings is 1. The van der Waals surface area contributed by atoms with E-state index in [1.54, 1.807) is 25.1 Å². The molecule has 2 aromatic rings. The lowest BCUT2D eigenvalue weighted by molar-refractivity contribution is -0.116. The zero-order valence-electron chi connectivity index (χ0n) is 12.7. The molecule has 0 saturated carbocycles. The van der Waals surface area contributed by atoms with Crippen molar-refractivity contribution < 1.29 is 19.1 Å². The number of ether oxygens (including phenoxy) is 2. The normalized spacial score (nSPS) is 10.2. The first-order chi connectivity index (χ1) is 11.0. The second kappa shape index (κ2) is 7.64. The molecule has 0 unspecified atom stereocenters. The van der Waals surface area contributed by atoms with Crippen molar-refractivity contribution in [3.05, 3.63) is 41.4 Å². The van der Waals surface area contributed by atoms with Crippen molar-refractivity contribution in [2.24, 2.45) is 0 Å². The molecule has 1 aromatic heterocycles. The minimum Gasteiger partial charge on any atom is -0.495 e. The Morgan fingerprint density at radius 1 is 1.39 bits per heavy atom. The summed E-state index contributed by atoms with van der Waals surface area (Å²) in [7, 11) is 1.49. The molecule has 23 heavy (non-hydrogen) atoms. The minimum absolute atomic E-state index is 0.0695. The lowest BCUT2D eigenvalue weighted by Crippen LogP contribution is -2.22. The largest absolute Gasteiger partial charge is 0.495 e. The molecule has 0 aliphatic rings. The molecule has 1 amide bonds. The van der Waals surface area contributed by atoms with Crippen molar-refractivity contribution in [2.45, 2.75) is 13.5 Å². The van der Waals surface area contributed by atoms with Gasteiger partial charge in [0, 0.05) is 17.4 Å². The van der Waals surface area contributed by atoms with Crippen LogP contribution in [-0.4, -0.2) is 35.1 Å². The summed E-state index contributed by atoms with van der Waals surface area (Å²) in [5.41, 5.74) is 0.447. The van der Waals surface area contributed by atoms with E-state index < -0.39 is 5.97 Å². The number of nitrogens with zero attached hydrogens (tertiary/aromatic N) is 2. The number of amides is 1. The summed E-state index contributed by atoms with van der Waals surface area (Å²) in [6, 6.07) is 4.89. The van der Waals surface area contributed by atoms with E-state index in [1.807, 2.05) is 0 Å². The number of carbonyl (C=O) groups excluding carboxylic acids is 2. The first-order valence-electron chi connectivity index (χ1n) is 6.86. The molecule has 0 aliphatic carbocycles. The molecule has 0 spiro atoms. The van der Waals surface area contributed by atoms with E-state index in [-0.39, 0.29) is 24.9 Å². The van der Waals surface area contributed by atoms with E-state index in [9.17, 15) is 9.59 Å². The number of anilines is 1. The number of halogens is 1. The average molecular weight is 338 g/mol. The van der Waals surface area contributed by atoms with Crippen LogP contribution in [0.5, 0.6) is 5.75 Å². The predicted octanol–water partition coefficient (Wildman–Crippen LogP) is 2.36. The van der Waals surface area contributed by atoms with Crippen LogP contribution in [0.4, 0.5) is 5.69 Å². The Morgan fingerprint density at radius 3 is 2.87 bits per heavy atom. The van der Waals surface area contributed by atoms with E-state index in [1.165, 1.54) is 24.1 Å². The van der Waals surface area contributed by atoms with Crippen molar-refractivity contribution in [2.75, 3.05) is 19.0 Å². The number of aromatic nitrogens is 2. The van der Waals surface area contributed by atoms with Gasteiger partial charge in [0.15, 0.2) is 0 Å². The summed E-state index contributed by atoms with van der Waals surface area (Å²) in [6.07, 6.45) is 2.96. The third-order valence-corrected chi connectivity index (χ3v) is 3.16. The highest BCUT2D eigenvalue weighted by molar-refractivity contribution is 6.31. The Morgan fingerprint density at radius 2 is 2.17 bits per heavy atom. The molecule has 8 heteroatoms. The quantitative estimate of drug-likeness (QED) is 0.818. The first kappa shape index (κ1) is 16.8. The van der Waals surface area contributed by atoms with Gasteiger partial charge < -0.3 is 19.4 Å². The number of hydrogen-bond donors (Lipinski definition) is 1. The van der Waals surface area contributed by atoms with Crippen LogP contribution in [0.3, 0.4) is 0 Å². The molecule has 122 valence electrons. The number of hydrogen-bond acceptors (Lipinski definition) is 5. The van der Waals surface area contributed by atoms with Crippen LogP contribution in [0.1, 0.15) is 17.5 Å². The highest BCUT2D eigenvalue weighted by Gasteiger charge is 2.16. The van der Waals surface area contributed by atoms with Gasteiger partial charge in [0.1, 0.15) is 12.3 Å². The van der Waals surface area contributed by atoms with E-state index in [0.717, 1.165) is 0 Å². The predicted molar refractivity (Wildman–Crippen MR) is 84.8 cm³/mol. The lowest BCUT2D eigenvalue weighted by atomic mass is 10.3. The Balaban J connectivity index is 2.10. The molecule has 2 rings (SSSR count). The highest BCUT2D eigenvalue weighted by Crippen LogP contribution is 2.27. The third kappa shape index (κ3) is 4.23. The number of methoxy groups -OCH3 is 1. The van der Waals surface area contributed by atoms with Crippen molar-refractivity contribution in [3.8, 4) is 5.75 Å². The summed E-state index contributed by atoms with van der Waals surface area (Å²) in [5, 5.41) is 3.16. The monoisotopic (exact) mass is 337 g/mol. The van der Waals surface area contributed by atoms with Crippen molar-refractivity contribution in [3.63, 3.8) is 0 Å². The molecular weight excluding hydrogens is 322 g/mol. The number of rotatable bonds is 6. The van der Waals surface area contributed by atoms with Gasteiger partial charge in [-0.1, -0.05) is 11.6 Å². The fraction of sp³-hybridized carbons (Fsp3) is 0.267. The maximum absolute atomic E-state index is 12.2. The molecule has 1 heterocycles. The van der Waals surface area contributed by atoms with Crippen LogP contribution >= 0.6 is 11.6 Å². The van der Waals surface area contributed by atoms with Crippen molar-refractivity contribution in [1.29, 1.82) is 0 Å². The molecule has 7 nitrogen and oxygen atoms in total. The maximum atomic E-state index is 12.2. The maximum Gasteiger partial charge on any atom is 0.374 e. The topological polar surface area (TPSA) is 82.5 Å². The van der Waals surface area contributed by atoms with Crippen molar-refractivity contribution in [1.82, 2.24) is 9.55 Å². The van der Waals surface area contributed by atoms with Gasteiger partial charge in [-0.3, -0.25) is 4.79 Å². The van der Waals surface area contributed by atoms with Gasteiger partial charge in [0.05, 0.1) is 19.4 Å². The standard InChI is InChI=1S/C15H16ClN3O4/c1-3-23-15(21)14-17-6-7-19(14)9-13(20)18-11-8-10(16)4-5-12(11)22-2/h4-8H,3,9H2,1-2H3,(H,18,20). The van der Waals surface area contributed by atoms with E-state index >= 15 is 0 Å². The van der Waals surface area contributed by atoms with Gasteiger partial charge in [-0.15, -0.1) is 0 Å². The zero-order chi connectivity index (χ0) is 16.8. The lowest BCUT2D eigenvalue weighted by Gasteiger charge is -2.11. The molecule has 0 atom stereocenters. The van der Waals surface area contributed by atoms with Gasteiger partial charge in [-0.25, -0.2) is 9.78 Å². The summed E-state index contributed by atoms with van der Waals surface area (Å²) < 4.78 is 11.5. The van der Waals surface area contributed by atoms with Gasteiger partial charge in [-0.2, -0.15) is 0 Å². The summed E-state index contributed by atoms with van der Waals surface area (Å²) >= 11 is 5.92. The Bertz CT molecular complexity index is 714. The van der Waals surface area contributed by atoms with E-state index in [0.29, 0.717) is 16.5 Å². The number of imidazole rings is 1. The molecule has 0 saturated heterocycles. The fourth-order valence-electron chi connectivity index (χ4n) is 1.94. The van der Waals surface area contributed by atoms with Crippen LogP contribution in [0, 0.1) is 0 Å².